The first-order chi connectivity index (χ1) is 8.79. The third kappa shape index (κ3) is 1.61. The van der Waals surface area contributed by atoms with Crippen molar-refractivity contribution in [2.75, 3.05) is 0 Å². The van der Waals surface area contributed by atoms with Crippen LogP contribution in [0.25, 0.3) is 16.7 Å². The highest BCUT2D eigenvalue weighted by molar-refractivity contribution is 5.76. The van der Waals surface area contributed by atoms with E-state index in [9.17, 15) is 4.79 Å². The maximum Gasteiger partial charge on any atom is 0.260 e. The van der Waals surface area contributed by atoms with Crippen molar-refractivity contribution in [2.45, 2.75) is 6.61 Å². The third-order valence-corrected chi connectivity index (χ3v) is 2.86. The van der Waals surface area contributed by atoms with Gasteiger partial charge in [-0.1, -0.05) is 12.1 Å². The summed E-state index contributed by atoms with van der Waals surface area (Å²) in [5.74, 6) is 0. The fourth-order valence-electron chi connectivity index (χ4n) is 1.98. The quantitative estimate of drug-likeness (QED) is 0.708. The molecule has 0 unspecified atom stereocenters. The Morgan fingerprint density at radius 2 is 2.22 bits per heavy atom. The Morgan fingerprint density at radius 3 is 3.06 bits per heavy atom. The van der Waals surface area contributed by atoms with E-state index in [-0.39, 0.29) is 12.2 Å². The summed E-state index contributed by atoms with van der Waals surface area (Å²) < 4.78 is 1.82. The molecule has 0 aliphatic heterocycles. The lowest BCUT2D eigenvalue weighted by molar-refractivity contribution is 0.282. The van der Waals surface area contributed by atoms with Crippen molar-refractivity contribution >= 4 is 11.0 Å². The molecule has 0 aliphatic carbocycles. The number of nitrogens with zero attached hydrogens (tertiary/aromatic N) is 2. The summed E-state index contributed by atoms with van der Waals surface area (Å²) >= 11 is 0. The van der Waals surface area contributed by atoms with Gasteiger partial charge in [0.25, 0.3) is 5.56 Å². The number of hydrogen-bond acceptors (Lipinski definition) is 3. The van der Waals surface area contributed by atoms with Crippen LogP contribution in [0.15, 0.2) is 47.7 Å². The van der Waals surface area contributed by atoms with Crippen molar-refractivity contribution in [3.63, 3.8) is 0 Å². The van der Waals surface area contributed by atoms with Gasteiger partial charge in [-0.05, 0) is 23.8 Å². The predicted octanol–water partition coefficient (Wildman–Crippen LogP) is 1.21. The van der Waals surface area contributed by atoms with Crippen molar-refractivity contribution in [3.8, 4) is 5.69 Å². The summed E-state index contributed by atoms with van der Waals surface area (Å²) in [6.45, 7) is -0.0128. The van der Waals surface area contributed by atoms with Crippen LogP contribution in [-0.4, -0.2) is 19.6 Å². The number of fused-ring (bicyclic) bond motifs is 1. The molecule has 0 amide bonds. The van der Waals surface area contributed by atoms with Gasteiger partial charge in [0, 0.05) is 11.9 Å². The van der Waals surface area contributed by atoms with Crippen LogP contribution in [-0.2, 0) is 6.61 Å². The van der Waals surface area contributed by atoms with E-state index in [1.807, 2.05) is 28.8 Å². The normalized spacial score (nSPS) is 10.9. The van der Waals surface area contributed by atoms with E-state index in [2.05, 4.69) is 9.97 Å². The summed E-state index contributed by atoms with van der Waals surface area (Å²) in [6, 6.07) is 9.20. The van der Waals surface area contributed by atoms with Gasteiger partial charge >= 0.3 is 0 Å². The molecule has 0 spiro atoms. The molecule has 5 nitrogen and oxygen atoms in total. The van der Waals surface area contributed by atoms with Crippen LogP contribution in [0.1, 0.15) is 5.56 Å². The SMILES string of the molecule is O=c1[nH]cnc2c1ccn2-c1cccc(CO)c1. The van der Waals surface area contributed by atoms with Gasteiger partial charge in [0.15, 0.2) is 5.65 Å². The molecule has 0 atom stereocenters. The average molecular weight is 241 g/mol. The fourth-order valence-corrected chi connectivity index (χ4v) is 1.98. The summed E-state index contributed by atoms with van der Waals surface area (Å²) in [6.07, 6.45) is 3.18. The van der Waals surface area contributed by atoms with Crippen molar-refractivity contribution in [3.05, 3.63) is 58.8 Å². The zero-order valence-electron chi connectivity index (χ0n) is 9.50. The van der Waals surface area contributed by atoms with Gasteiger partial charge < -0.3 is 14.7 Å². The molecular formula is C13H11N3O2. The van der Waals surface area contributed by atoms with Gasteiger partial charge in [-0.3, -0.25) is 4.79 Å². The van der Waals surface area contributed by atoms with Crippen molar-refractivity contribution in [1.82, 2.24) is 14.5 Å². The van der Waals surface area contributed by atoms with E-state index in [4.69, 9.17) is 5.11 Å². The second-order valence-corrected chi connectivity index (χ2v) is 3.98. The summed E-state index contributed by atoms with van der Waals surface area (Å²) in [4.78, 5) is 18.3. The summed E-state index contributed by atoms with van der Waals surface area (Å²) in [5.41, 5.74) is 2.14. The van der Waals surface area contributed by atoms with Crippen LogP contribution >= 0.6 is 0 Å². The number of aliphatic hydroxyl groups excluding tert-OH is 1. The molecule has 0 aliphatic rings. The highest BCUT2D eigenvalue weighted by atomic mass is 16.3. The third-order valence-electron chi connectivity index (χ3n) is 2.86. The van der Waals surface area contributed by atoms with Gasteiger partial charge in [-0.2, -0.15) is 0 Å². The molecule has 2 aromatic heterocycles. The molecule has 3 aromatic rings. The van der Waals surface area contributed by atoms with Gasteiger partial charge in [0.05, 0.1) is 18.3 Å². The molecule has 0 fully saturated rings. The standard InChI is InChI=1S/C13H11N3O2/c17-7-9-2-1-3-10(6-9)16-5-4-11-12(16)14-8-15-13(11)18/h1-6,8,17H,7H2,(H,14,15,18). The second kappa shape index (κ2) is 4.12. The Balaban J connectivity index is 2.25. The van der Waals surface area contributed by atoms with Crippen LogP contribution in [0.3, 0.4) is 0 Å². The maximum absolute atomic E-state index is 11.6. The molecular weight excluding hydrogens is 230 g/mol. The first-order valence-corrected chi connectivity index (χ1v) is 5.54. The number of benzene rings is 1. The van der Waals surface area contributed by atoms with E-state index < -0.39 is 0 Å². The Morgan fingerprint density at radius 1 is 1.33 bits per heavy atom. The van der Waals surface area contributed by atoms with Gasteiger partial charge in [-0.25, -0.2) is 4.98 Å². The maximum atomic E-state index is 11.6. The lowest BCUT2D eigenvalue weighted by Crippen LogP contribution is -2.06. The van der Waals surface area contributed by atoms with E-state index in [1.54, 1.807) is 12.3 Å². The van der Waals surface area contributed by atoms with E-state index >= 15 is 0 Å². The van der Waals surface area contributed by atoms with Crippen molar-refractivity contribution in [2.24, 2.45) is 0 Å². The highest BCUT2D eigenvalue weighted by Crippen LogP contribution is 2.16. The number of aromatic amines is 1. The molecule has 18 heavy (non-hydrogen) atoms. The van der Waals surface area contributed by atoms with Crippen molar-refractivity contribution < 1.29 is 5.11 Å². The topological polar surface area (TPSA) is 70.9 Å². The molecule has 90 valence electrons. The largest absolute Gasteiger partial charge is 0.392 e. The smallest absolute Gasteiger partial charge is 0.260 e. The van der Waals surface area contributed by atoms with Gasteiger partial charge in [0.1, 0.15) is 0 Å². The van der Waals surface area contributed by atoms with Crippen LogP contribution in [0.5, 0.6) is 0 Å². The van der Waals surface area contributed by atoms with Gasteiger partial charge in [0.2, 0.25) is 0 Å². The Hall–Kier alpha value is -2.40. The number of nitrogens with one attached hydrogen (secondary N) is 1. The zero-order chi connectivity index (χ0) is 12.5. The van der Waals surface area contributed by atoms with E-state index in [0.717, 1.165) is 11.3 Å². The van der Waals surface area contributed by atoms with Crippen LogP contribution < -0.4 is 5.56 Å². The molecule has 0 radical (unpaired) electrons. The minimum Gasteiger partial charge on any atom is -0.392 e. The second-order valence-electron chi connectivity index (χ2n) is 3.98. The molecule has 0 saturated carbocycles. The molecule has 3 rings (SSSR count). The van der Waals surface area contributed by atoms with Crippen molar-refractivity contribution in [1.29, 1.82) is 0 Å². The molecule has 0 saturated heterocycles. The van der Waals surface area contributed by atoms with E-state index in [1.165, 1.54) is 6.33 Å². The molecule has 1 aromatic carbocycles. The highest BCUT2D eigenvalue weighted by Gasteiger charge is 2.07. The molecule has 0 bridgehead atoms. The summed E-state index contributed by atoms with van der Waals surface area (Å²) in [7, 11) is 0. The van der Waals surface area contributed by atoms with E-state index in [0.29, 0.717) is 11.0 Å². The summed E-state index contributed by atoms with van der Waals surface area (Å²) in [5, 5.41) is 9.69. The molecule has 2 heterocycles. The number of hydrogen-bond donors (Lipinski definition) is 2. The Bertz CT molecular complexity index is 758. The zero-order valence-corrected chi connectivity index (χ0v) is 9.50. The molecule has 5 heteroatoms. The van der Waals surface area contributed by atoms with Crippen LogP contribution in [0.2, 0.25) is 0 Å². The van der Waals surface area contributed by atoms with Gasteiger partial charge in [-0.15, -0.1) is 0 Å². The number of rotatable bonds is 2. The van der Waals surface area contributed by atoms with Crippen LogP contribution in [0.4, 0.5) is 0 Å². The Labute approximate surface area is 102 Å². The lowest BCUT2D eigenvalue weighted by Gasteiger charge is -2.05. The monoisotopic (exact) mass is 241 g/mol. The fraction of sp³-hybridized carbons (Fsp3) is 0.0769. The minimum absolute atomic E-state index is 0.0128. The number of aliphatic hydroxyl groups is 1. The van der Waals surface area contributed by atoms with Crippen LogP contribution in [0, 0.1) is 0 Å². The number of H-pyrrole nitrogens is 1. The number of aromatic nitrogens is 3. The minimum atomic E-state index is -0.155. The first kappa shape index (κ1) is 10.7. The molecule has 2 N–H and O–H groups in total. The first-order valence-electron chi connectivity index (χ1n) is 5.54. The lowest BCUT2D eigenvalue weighted by atomic mass is 10.2. The predicted molar refractivity (Wildman–Crippen MR) is 67.6 cm³/mol. The average Bonchev–Trinajstić information content (AvgIpc) is 2.84. The Kier molecular flexibility index (Phi) is 2.46.